The van der Waals surface area contributed by atoms with Crippen LogP contribution in [0.25, 0.3) is 0 Å². The van der Waals surface area contributed by atoms with Gasteiger partial charge in [-0.2, -0.15) is 9.65 Å². The second-order valence-electron chi connectivity index (χ2n) is 3.62. The Morgan fingerprint density at radius 2 is 2.50 bits per heavy atom. The third kappa shape index (κ3) is 2.79. The van der Waals surface area contributed by atoms with Crippen LogP contribution < -0.4 is 0 Å². The van der Waals surface area contributed by atoms with Crippen molar-refractivity contribution in [1.29, 1.82) is 5.26 Å². The van der Waals surface area contributed by atoms with Crippen molar-refractivity contribution >= 4 is 11.3 Å². The minimum atomic E-state index is -0.439. The highest BCUT2D eigenvalue weighted by Gasteiger charge is 2.15. The minimum Gasteiger partial charge on any atom is -0.353 e. The van der Waals surface area contributed by atoms with Gasteiger partial charge in [0.2, 0.25) is 0 Å². The first-order valence-corrected chi connectivity index (χ1v) is 6.03. The number of nitrogens with zero attached hydrogens (tertiary/aromatic N) is 1. The molecule has 1 fully saturated rings. The third-order valence-corrected chi connectivity index (χ3v) is 3.30. The molecule has 1 aromatic heterocycles. The number of ether oxygens (including phenoxy) is 2. The van der Waals surface area contributed by atoms with Gasteiger partial charge in [0.05, 0.1) is 12.2 Å². The Morgan fingerprint density at radius 1 is 1.62 bits per heavy atom. The molecule has 0 saturated carbocycles. The zero-order valence-electron chi connectivity index (χ0n) is 8.74. The number of nitriles is 1. The molecular formula is C11H12FNO2S. The van der Waals surface area contributed by atoms with Crippen LogP contribution in [-0.4, -0.2) is 12.9 Å². The normalized spacial score (nSPS) is 20.6. The fourth-order valence-electron chi connectivity index (χ4n) is 1.58. The molecule has 0 aliphatic carbocycles. The van der Waals surface area contributed by atoms with Crippen LogP contribution in [0.4, 0.5) is 4.39 Å². The van der Waals surface area contributed by atoms with Crippen molar-refractivity contribution in [3.63, 3.8) is 0 Å². The Hall–Kier alpha value is -0.960. The van der Waals surface area contributed by atoms with Gasteiger partial charge < -0.3 is 9.47 Å². The van der Waals surface area contributed by atoms with Gasteiger partial charge in [-0.25, -0.2) is 0 Å². The van der Waals surface area contributed by atoms with Crippen LogP contribution in [-0.2, 0) is 16.1 Å². The van der Waals surface area contributed by atoms with E-state index in [9.17, 15) is 4.39 Å². The second-order valence-corrected chi connectivity index (χ2v) is 4.71. The average molecular weight is 241 g/mol. The third-order valence-electron chi connectivity index (χ3n) is 2.41. The van der Waals surface area contributed by atoms with Crippen LogP contribution in [0, 0.1) is 16.5 Å². The van der Waals surface area contributed by atoms with Gasteiger partial charge in [0.25, 0.3) is 0 Å². The van der Waals surface area contributed by atoms with E-state index >= 15 is 0 Å². The summed E-state index contributed by atoms with van der Waals surface area (Å²) in [6.45, 7) is 1.04. The van der Waals surface area contributed by atoms with Crippen LogP contribution in [0.1, 0.15) is 29.7 Å². The van der Waals surface area contributed by atoms with Crippen LogP contribution in [0.5, 0.6) is 0 Å². The number of rotatable bonds is 3. The molecule has 1 atom stereocenters. The van der Waals surface area contributed by atoms with Crippen molar-refractivity contribution in [2.24, 2.45) is 0 Å². The summed E-state index contributed by atoms with van der Waals surface area (Å²) < 4.78 is 24.0. The van der Waals surface area contributed by atoms with Crippen molar-refractivity contribution in [2.75, 3.05) is 6.61 Å². The van der Waals surface area contributed by atoms with Gasteiger partial charge in [-0.15, -0.1) is 11.3 Å². The molecule has 1 aliphatic heterocycles. The number of thiophene rings is 1. The van der Waals surface area contributed by atoms with Crippen molar-refractivity contribution < 1.29 is 13.9 Å². The first-order valence-electron chi connectivity index (χ1n) is 5.21. The molecule has 1 aliphatic rings. The van der Waals surface area contributed by atoms with Crippen molar-refractivity contribution in [1.82, 2.24) is 0 Å². The molecule has 0 N–H and O–H groups in total. The summed E-state index contributed by atoms with van der Waals surface area (Å²) in [7, 11) is 0. The van der Waals surface area contributed by atoms with E-state index in [0.717, 1.165) is 42.1 Å². The van der Waals surface area contributed by atoms with E-state index < -0.39 is 5.13 Å². The molecule has 0 bridgehead atoms. The minimum absolute atomic E-state index is 0.0909. The maximum atomic E-state index is 13.1. The van der Waals surface area contributed by atoms with Gasteiger partial charge in [-0.3, -0.25) is 0 Å². The van der Waals surface area contributed by atoms with E-state index in [2.05, 4.69) is 0 Å². The highest BCUT2D eigenvalue weighted by Crippen LogP contribution is 2.22. The molecule has 2 heterocycles. The van der Waals surface area contributed by atoms with Gasteiger partial charge >= 0.3 is 0 Å². The lowest BCUT2D eigenvalue weighted by atomic mass is 10.2. The van der Waals surface area contributed by atoms with Crippen molar-refractivity contribution in [3.8, 4) is 6.07 Å². The number of hydrogen-bond acceptors (Lipinski definition) is 4. The summed E-state index contributed by atoms with van der Waals surface area (Å²) in [5, 5.41) is 8.16. The number of halogens is 1. The second kappa shape index (κ2) is 5.39. The lowest BCUT2D eigenvalue weighted by molar-refractivity contribution is -0.168. The van der Waals surface area contributed by atoms with Crippen LogP contribution >= 0.6 is 11.3 Å². The lowest BCUT2D eigenvalue weighted by Gasteiger charge is -2.22. The monoisotopic (exact) mass is 241 g/mol. The smallest absolute Gasteiger partial charge is 0.194 e. The Morgan fingerprint density at radius 3 is 3.12 bits per heavy atom. The Labute approximate surface area is 97.4 Å². The molecule has 16 heavy (non-hydrogen) atoms. The maximum Gasteiger partial charge on any atom is 0.194 e. The van der Waals surface area contributed by atoms with Crippen LogP contribution in [0.15, 0.2) is 6.07 Å². The molecule has 1 saturated heterocycles. The molecule has 1 aromatic rings. The first kappa shape index (κ1) is 11.5. The van der Waals surface area contributed by atoms with Crippen LogP contribution in [0.3, 0.4) is 0 Å². The molecular weight excluding hydrogens is 229 g/mol. The highest BCUT2D eigenvalue weighted by atomic mass is 32.1. The van der Waals surface area contributed by atoms with Crippen LogP contribution in [0.2, 0.25) is 0 Å². The van der Waals surface area contributed by atoms with Gasteiger partial charge in [0, 0.05) is 11.5 Å². The highest BCUT2D eigenvalue weighted by molar-refractivity contribution is 7.10. The van der Waals surface area contributed by atoms with E-state index in [1.165, 1.54) is 6.07 Å². The maximum absolute atomic E-state index is 13.1. The quantitative estimate of drug-likeness (QED) is 0.817. The Bertz CT molecular complexity index is 393. The molecule has 0 spiro atoms. The molecule has 1 unspecified atom stereocenters. The Kier molecular flexibility index (Phi) is 3.88. The van der Waals surface area contributed by atoms with E-state index in [1.807, 2.05) is 0 Å². The summed E-state index contributed by atoms with van der Waals surface area (Å²) in [5.74, 6) is 0. The molecule has 2 rings (SSSR count). The van der Waals surface area contributed by atoms with E-state index in [1.54, 1.807) is 6.07 Å². The van der Waals surface area contributed by atoms with Crippen molar-refractivity contribution in [3.05, 3.63) is 21.6 Å². The predicted molar refractivity (Wildman–Crippen MR) is 57.4 cm³/mol. The largest absolute Gasteiger partial charge is 0.353 e. The standard InChI is InChI=1S/C11H12FNO2S/c12-11-8(6-13)5-9(16-11)7-15-10-3-1-2-4-14-10/h5,10H,1-4,7H2. The summed E-state index contributed by atoms with van der Waals surface area (Å²) in [4.78, 5) is 0.725. The van der Waals surface area contributed by atoms with E-state index in [4.69, 9.17) is 14.7 Å². The molecule has 3 nitrogen and oxygen atoms in total. The zero-order valence-corrected chi connectivity index (χ0v) is 9.56. The molecule has 86 valence electrons. The van der Waals surface area contributed by atoms with E-state index in [-0.39, 0.29) is 11.9 Å². The summed E-state index contributed by atoms with van der Waals surface area (Å²) in [5.41, 5.74) is 0.0909. The lowest BCUT2D eigenvalue weighted by Crippen LogP contribution is -2.21. The summed E-state index contributed by atoms with van der Waals surface area (Å²) in [6.07, 6.45) is 2.89. The molecule has 0 radical (unpaired) electrons. The Balaban J connectivity index is 1.86. The fourth-order valence-corrected chi connectivity index (χ4v) is 2.33. The SMILES string of the molecule is N#Cc1cc(COC2CCCCO2)sc1F. The summed E-state index contributed by atoms with van der Waals surface area (Å²) in [6, 6.07) is 3.33. The van der Waals surface area contributed by atoms with Crippen molar-refractivity contribution in [2.45, 2.75) is 32.2 Å². The fraction of sp³-hybridized carbons (Fsp3) is 0.545. The zero-order chi connectivity index (χ0) is 11.4. The molecule has 0 amide bonds. The molecule has 0 aromatic carbocycles. The van der Waals surface area contributed by atoms with E-state index in [0.29, 0.717) is 6.61 Å². The van der Waals surface area contributed by atoms with Gasteiger partial charge in [-0.1, -0.05) is 0 Å². The topological polar surface area (TPSA) is 42.2 Å². The average Bonchev–Trinajstić information content (AvgIpc) is 2.69. The summed E-state index contributed by atoms with van der Waals surface area (Å²) >= 11 is 0.958. The first-order chi connectivity index (χ1) is 7.79. The van der Waals surface area contributed by atoms with Gasteiger partial charge in [0.1, 0.15) is 6.07 Å². The van der Waals surface area contributed by atoms with Gasteiger partial charge in [0.15, 0.2) is 11.4 Å². The van der Waals surface area contributed by atoms with Gasteiger partial charge in [-0.05, 0) is 25.3 Å². The number of hydrogen-bond donors (Lipinski definition) is 0. The molecule has 5 heteroatoms. The predicted octanol–water partition coefficient (Wildman–Crippen LogP) is 2.80.